The van der Waals surface area contributed by atoms with E-state index < -0.39 is 0 Å². The van der Waals surface area contributed by atoms with E-state index in [1.54, 1.807) is 0 Å². The molecule has 0 saturated carbocycles. The van der Waals surface area contributed by atoms with Crippen molar-refractivity contribution >= 4 is 33.2 Å². The number of nitrogens with zero attached hydrogens (tertiary/aromatic N) is 2. The summed E-state index contributed by atoms with van der Waals surface area (Å²) in [6.07, 6.45) is 0. The summed E-state index contributed by atoms with van der Waals surface area (Å²) in [4.78, 5) is 9.66. The Morgan fingerprint density at radius 1 is 0.556 bits per heavy atom. The van der Waals surface area contributed by atoms with Gasteiger partial charge in [0.1, 0.15) is 0 Å². The first kappa shape index (κ1) is 15.5. The molecular weight excluding hydrogens is 330 g/mol. The minimum atomic E-state index is 0.859. The number of hydrogen-bond acceptors (Lipinski definition) is 3. The number of para-hydroxylation sites is 3. The molecule has 0 aliphatic heterocycles. The first-order valence-corrected chi connectivity index (χ1v) is 8.95. The number of aromatic nitrogens is 2. The van der Waals surface area contributed by atoms with Crippen molar-refractivity contribution in [3.63, 3.8) is 0 Å². The Kier molecular flexibility index (Phi) is 3.76. The molecule has 1 N–H and O–H groups in total. The standard InChI is InChI=1S/C24H17N3/c1-2-9-18(10-3-1)25-23-16-24(27-21-13-7-5-11-19(21)23)22-15-14-17-8-4-6-12-20(17)26-22/h1-16H,(H,25,27). The third-order valence-electron chi connectivity index (χ3n) is 4.63. The molecule has 128 valence electrons. The zero-order chi connectivity index (χ0) is 18.1. The van der Waals surface area contributed by atoms with Crippen molar-refractivity contribution in [2.24, 2.45) is 0 Å². The Hall–Kier alpha value is -3.72. The SMILES string of the molecule is c1ccc(Nc2cc(-c3ccc4ccccc4n3)nc3ccccc23)cc1. The number of fused-ring (bicyclic) bond motifs is 2. The van der Waals surface area contributed by atoms with Crippen LogP contribution in [0, 0.1) is 0 Å². The van der Waals surface area contributed by atoms with Crippen molar-refractivity contribution in [2.45, 2.75) is 0 Å². The first-order chi connectivity index (χ1) is 13.4. The topological polar surface area (TPSA) is 37.8 Å². The van der Waals surface area contributed by atoms with E-state index >= 15 is 0 Å². The van der Waals surface area contributed by atoms with Gasteiger partial charge in [0.25, 0.3) is 0 Å². The molecule has 0 saturated heterocycles. The maximum Gasteiger partial charge on any atom is 0.0914 e. The molecule has 0 unspecified atom stereocenters. The molecule has 0 bridgehead atoms. The lowest BCUT2D eigenvalue weighted by molar-refractivity contribution is 1.32. The predicted molar refractivity (Wildman–Crippen MR) is 112 cm³/mol. The highest BCUT2D eigenvalue weighted by molar-refractivity contribution is 5.95. The van der Waals surface area contributed by atoms with Crippen LogP contribution >= 0.6 is 0 Å². The minimum Gasteiger partial charge on any atom is -0.355 e. The number of nitrogens with one attached hydrogen (secondary N) is 1. The van der Waals surface area contributed by atoms with E-state index in [-0.39, 0.29) is 0 Å². The summed E-state index contributed by atoms with van der Waals surface area (Å²) < 4.78 is 0. The quantitative estimate of drug-likeness (QED) is 0.422. The normalized spacial score (nSPS) is 11.0. The fourth-order valence-corrected chi connectivity index (χ4v) is 3.30. The Morgan fingerprint density at radius 3 is 2.15 bits per heavy atom. The van der Waals surface area contributed by atoms with Crippen LogP contribution in [-0.4, -0.2) is 9.97 Å². The summed E-state index contributed by atoms with van der Waals surface area (Å²) in [6.45, 7) is 0. The zero-order valence-corrected chi connectivity index (χ0v) is 14.6. The summed E-state index contributed by atoms with van der Waals surface area (Å²) in [5.74, 6) is 0. The molecule has 0 aliphatic carbocycles. The predicted octanol–water partition coefficient (Wildman–Crippen LogP) is 6.19. The van der Waals surface area contributed by atoms with Crippen LogP contribution in [0.3, 0.4) is 0 Å². The molecule has 5 rings (SSSR count). The van der Waals surface area contributed by atoms with Gasteiger partial charge in [-0.2, -0.15) is 0 Å². The third-order valence-corrected chi connectivity index (χ3v) is 4.63. The number of pyridine rings is 2. The smallest absolute Gasteiger partial charge is 0.0914 e. The summed E-state index contributed by atoms with van der Waals surface area (Å²) in [5, 5.41) is 5.74. The minimum absolute atomic E-state index is 0.859. The molecule has 3 heteroatoms. The van der Waals surface area contributed by atoms with Gasteiger partial charge in [0.2, 0.25) is 0 Å². The molecular formula is C24H17N3. The van der Waals surface area contributed by atoms with Gasteiger partial charge in [-0.1, -0.05) is 60.7 Å². The fraction of sp³-hybridized carbons (Fsp3) is 0. The summed E-state index contributed by atoms with van der Waals surface area (Å²) in [6, 6.07) is 32.7. The largest absolute Gasteiger partial charge is 0.355 e. The molecule has 0 atom stereocenters. The maximum absolute atomic E-state index is 4.85. The fourth-order valence-electron chi connectivity index (χ4n) is 3.30. The van der Waals surface area contributed by atoms with Crippen molar-refractivity contribution in [3.05, 3.63) is 97.1 Å². The Balaban J connectivity index is 1.68. The van der Waals surface area contributed by atoms with E-state index in [0.717, 1.165) is 44.6 Å². The van der Waals surface area contributed by atoms with E-state index in [1.807, 2.05) is 60.7 Å². The van der Waals surface area contributed by atoms with Gasteiger partial charge in [0.05, 0.1) is 28.1 Å². The third kappa shape index (κ3) is 3.00. The van der Waals surface area contributed by atoms with Crippen LogP contribution in [0.5, 0.6) is 0 Å². The monoisotopic (exact) mass is 347 g/mol. The van der Waals surface area contributed by atoms with Crippen LogP contribution in [-0.2, 0) is 0 Å². The highest BCUT2D eigenvalue weighted by atomic mass is 14.9. The van der Waals surface area contributed by atoms with Gasteiger partial charge in [0.15, 0.2) is 0 Å². The number of rotatable bonds is 3. The van der Waals surface area contributed by atoms with Crippen LogP contribution in [0.25, 0.3) is 33.2 Å². The van der Waals surface area contributed by atoms with Gasteiger partial charge in [-0.15, -0.1) is 0 Å². The highest BCUT2D eigenvalue weighted by Crippen LogP contribution is 2.30. The van der Waals surface area contributed by atoms with Crippen molar-refractivity contribution in [3.8, 4) is 11.4 Å². The number of anilines is 2. The molecule has 3 aromatic carbocycles. The van der Waals surface area contributed by atoms with Gasteiger partial charge in [-0.25, -0.2) is 9.97 Å². The lowest BCUT2D eigenvalue weighted by Gasteiger charge is -2.12. The average molecular weight is 347 g/mol. The molecule has 0 aliphatic rings. The lowest BCUT2D eigenvalue weighted by Crippen LogP contribution is -1.96. The van der Waals surface area contributed by atoms with Crippen molar-refractivity contribution in [1.29, 1.82) is 0 Å². The molecule has 2 heterocycles. The van der Waals surface area contributed by atoms with E-state index in [4.69, 9.17) is 9.97 Å². The van der Waals surface area contributed by atoms with Crippen LogP contribution in [0.4, 0.5) is 11.4 Å². The summed E-state index contributed by atoms with van der Waals surface area (Å²) >= 11 is 0. The second-order valence-corrected chi connectivity index (χ2v) is 6.45. The van der Waals surface area contributed by atoms with Gasteiger partial charge in [0, 0.05) is 16.5 Å². The highest BCUT2D eigenvalue weighted by Gasteiger charge is 2.09. The van der Waals surface area contributed by atoms with E-state index in [2.05, 4.69) is 41.7 Å². The molecule has 0 radical (unpaired) electrons. The van der Waals surface area contributed by atoms with E-state index in [0.29, 0.717) is 0 Å². The maximum atomic E-state index is 4.85. The Bertz CT molecular complexity index is 1250. The van der Waals surface area contributed by atoms with Gasteiger partial charge < -0.3 is 5.32 Å². The van der Waals surface area contributed by atoms with Gasteiger partial charge in [-0.05, 0) is 36.4 Å². The first-order valence-electron chi connectivity index (χ1n) is 8.95. The van der Waals surface area contributed by atoms with Crippen LogP contribution in [0.1, 0.15) is 0 Å². The Labute approximate surface area is 157 Å². The zero-order valence-electron chi connectivity index (χ0n) is 14.6. The summed E-state index contributed by atoms with van der Waals surface area (Å²) in [7, 11) is 0. The molecule has 27 heavy (non-hydrogen) atoms. The molecule has 0 fully saturated rings. The molecule has 0 spiro atoms. The van der Waals surface area contributed by atoms with Gasteiger partial charge in [-0.3, -0.25) is 0 Å². The lowest BCUT2D eigenvalue weighted by atomic mass is 10.1. The van der Waals surface area contributed by atoms with E-state index in [1.165, 1.54) is 0 Å². The van der Waals surface area contributed by atoms with Crippen LogP contribution < -0.4 is 5.32 Å². The second-order valence-electron chi connectivity index (χ2n) is 6.45. The number of hydrogen-bond donors (Lipinski definition) is 1. The average Bonchev–Trinajstić information content (AvgIpc) is 2.74. The van der Waals surface area contributed by atoms with Crippen molar-refractivity contribution in [1.82, 2.24) is 9.97 Å². The van der Waals surface area contributed by atoms with Gasteiger partial charge >= 0.3 is 0 Å². The van der Waals surface area contributed by atoms with Crippen molar-refractivity contribution < 1.29 is 0 Å². The summed E-state index contributed by atoms with van der Waals surface area (Å²) in [5.41, 5.74) is 5.72. The second kappa shape index (κ2) is 6.54. The number of benzene rings is 3. The van der Waals surface area contributed by atoms with Crippen molar-refractivity contribution in [2.75, 3.05) is 5.32 Å². The molecule has 5 aromatic rings. The Morgan fingerprint density at radius 2 is 1.26 bits per heavy atom. The molecule has 0 amide bonds. The van der Waals surface area contributed by atoms with Crippen LogP contribution in [0.15, 0.2) is 97.1 Å². The molecule has 2 aromatic heterocycles. The van der Waals surface area contributed by atoms with E-state index in [9.17, 15) is 0 Å². The molecule has 3 nitrogen and oxygen atoms in total. The van der Waals surface area contributed by atoms with Crippen LogP contribution in [0.2, 0.25) is 0 Å².